The first-order chi connectivity index (χ1) is 4.29. The lowest BCUT2D eigenvalue weighted by Crippen LogP contribution is -1.94. The van der Waals surface area contributed by atoms with E-state index in [0.717, 1.165) is 6.42 Å². The molecular formula is C6H8BrNS. The van der Waals surface area contributed by atoms with Gasteiger partial charge in [0.2, 0.25) is 0 Å². The lowest BCUT2D eigenvalue weighted by molar-refractivity contribution is 0.944. The second kappa shape index (κ2) is 3.32. The van der Waals surface area contributed by atoms with E-state index < -0.39 is 0 Å². The predicted molar refractivity (Wildman–Crippen MR) is 44.2 cm³/mol. The van der Waals surface area contributed by atoms with Crippen LogP contribution in [0.4, 0.5) is 0 Å². The summed E-state index contributed by atoms with van der Waals surface area (Å²) in [7, 11) is 0. The van der Waals surface area contributed by atoms with E-state index in [0.29, 0.717) is 4.83 Å². The van der Waals surface area contributed by atoms with Crippen LogP contribution in [0.25, 0.3) is 0 Å². The normalized spacial score (nSPS) is 13.6. The Balaban J connectivity index is 2.48. The molecule has 0 unspecified atom stereocenters. The lowest BCUT2D eigenvalue weighted by atomic mass is 10.4. The monoisotopic (exact) mass is 205 g/mol. The fourth-order valence-corrected chi connectivity index (χ4v) is 1.86. The summed E-state index contributed by atoms with van der Waals surface area (Å²) in [6.07, 6.45) is 2.88. The van der Waals surface area contributed by atoms with Crippen molar-refractivity contribution in [3.63, 3.8) is 0 Å². The molecule has 0 amide bonds. The highest BCUT2D eigenvalue weighted by Crippen LogP contribution is 2.10. The molecule has 0 aromatic carbocycles. The van der Waals surface area contributed by atoms with Crippen LogP contribution in [0.2, 0.25) is 0 Å². The molecule has 1 aromatic rings. The third kappa shape index (κ3) is 2.45. The molecule has 0 spiro atoms. The number of hydrogen-bond donors (Lipinski definition) is 0. The van der Waals surface area contributed by atoms with Gasteiger partial charge in [-0.3, -0.25) is 0 Å². The first-order valence-electron chi connectivity index (χ1n) is 2.81. The van der Waals surface area contributed by atoms with E-state index in [-0.39, 0.29) is 0 Å². The third-order valence-corrected chi connectivity index (χ3v) is 2.07. The Kier molecular flexibility index (Phi) is 2.66. The molecule has 0 aliphatic carbocycles. The molecular weight excluding hydrogens is 198 g/mol. The molecule has 0 saturated heterocycles. The standard InChI is InChI=1S/C6H8BrNS/c1-5(7)4-6-8-2-3-9-6/h2-3,5H,4H2,1H3/t5-/m1/s1. The van der Waals surface area contributed by atoms with Crippen LogP contribution in [0.3, 0.4) is 0 Å². The first-order valence-corrected chi connectivity index (χ1v) is 4.61. The largest absolute Gasteiger partial charge is 0.250 e. The van der Waals surface area contributed by atoms with Gasteiger partial charge in [0.15, 0.2) is 0 Å². The molecule has 0 aliphatic heterocycles. The minimum Gasteiger partial charge on any atom is -0.250 e. The van der Waals surface area contributed by atoms with Crippen LogP contribution in [-0.4, -0.2) is 9.81 Å². The second-order valence-electron chi connectivity index (χ2n) is 1.91. The van der Waals surface area contributed by atoms with Crippen molar-refractivity contribution in [1.29, 1.82) is 0 Å². The van der Waals surface area contributed by atoms with Gasteiger partial charge in [-0.2, -0.15) is 0 Å². The summed E-state index contributed by atoms with van der Waals surface area (Å²) in [5, 5.41) is 3.21. The van der Waals surface area contributed by atoms with Crippen molar-refractivity contribution in [2.45, 2.75) is 18.2 Å². The van der Waals surface area contributed by atoms with E-state index in [1.54, 1.807) is 11.3 Å². The number of alkyl halides is 1. The van der Waals surface area contributed by atoms with Gasteiger partial charge in [0.1, 0.15) is 0 Å². The highest BCUT2D eigenvalue weighted by Gasteiger charge is 1.99. The van der Waals surface area contributed by atoms with E-state index >= 15 is 0 Å². The van der Waals surface area contributed by atoms with Gasteiger partial charge < -0.3 is 0 Å². The van der Waals surface area contributed by atoms with Crippen LogP contribution in [0.15, 0.2) is 11.6 Å². The van der Waals surface area contributed by atoms with Gasteiger partial charge in [-0.05, 0) is 0 Å². The summed E-state index contributed by atoms with van der Waals surface area (Å²) >= 11 is 5.17. The van der Waals surface area contributed by atoms with Gasteiger partial charge in [-0.1, -0.05) is 22.9 Å². The smallest absolute Gasteiger partial charge is 0.0935 e. The fraction of sp³-hybridized carbons (Fsp3) is 0.500. The van der Waals surface area contributed by atoms with Crippen molar-refractivity contribution in [2.75, 3.05) is 0 Å². The molecule has 50 valence electrons. The highest BCUT2D eigenvalue weighted by atomic mass is 79.9. The zero-order chi connectivity index (χ0) is 6.69. The van der Waals surface area contributed by atoms with Gasteiger partial charge in [0.25, 0.3) is 0 Å². The number of thiazole rings is 1. The maximum absolute atomic E-state index is 4.14. The van der Waals surface area contributed by atoms with Crippen molar-refractivity contribution >= 4 is 27.3 Å². The Hall–Kier alpha value is 0.110. The minimum atomic E-state index is 0.545. The Labute approximate surface area is 67.3 Å². The molecule has 0 N–H and O–H groups in total. The number of aromatic nitrogens is 1. The molecule has 0 fully saturated rings. The van der Waals surface area contributed by atoms with Gasteiger partial charge in [0, 0.05) is 22.8 Å². The van der Waals surface area contributed by atoms with Crippen molar-refractivity contribution in [1.82, 2.24) is 4.98 Å². The number of rotatable bonds is 2. The second-order valence-corrected chi connectivity index (χ2v) is 4.45. The zero-order valence-electron chi connectivity index (χ0n) is 5.17. The highest BCUT2D eigenvalue weighted by molar-refractivity contribution is 9.09. The van der Waals surface area contributed by atoms with Crippen LogP contribution in [0.1, 0.15) is 11.9 Å². The van der Waals surface area contributed by atoms with E-state index in [9.17, 15) is 0 Å². The Bertz CT molecular complexity index is 160. The van der Waals surface area contributed by atoms with Gasteiger partial charge in [0.05, 0.1) is 5.01 Å². The molecule has 0 saturated carbocycles. The SMILES string of the molecule is C[C@@H](Br)Cc1nccs1. The van der Waals surface area contributed by atoms with Crippen molar-refractivity contribution in [2.24, 2.45) is 0 Å². The van der Waals surface area contributed by atoms with Crippen LogP contribution in [-0.2, 0) is 6.42 Å². The molecule has 0 aliphatic rings. The molecule has 0 radical (unpaired) electrons. The Morgan fingerprint density at radius 3 is 3.11 bits per heavy atom. The summed E-state index contributed by atoms with van der Waals surface area (Å²) in [4.78, 5) is 4.69. The van der Waals surface area contributed by atoms with E-state index in [1.165, 1.54) is 5.01 Å². The van der Waals surface area contributed by atoms with Crippen molar-refractivity contribution < 1.29 is 0 Å². The molecule has 3 heteroatoms. The molecule has 1 aromatic heterocycles. The molecule has 1 heterocycles. The average Bonchev–Trinajstić information content (AvgIpc) is 2.15. The number of halogens is 1. The lowest BCUT2D eigenvalue weighted by Gasteiger charge is -1.95. The molecule has 1 atom stereocenters. The fourth-order valence-electron chi connectivity index (χ4n) is 0.594. The predicted octanol–water partition coefficient (Wildman–Crippen LogP) is 2.47. The summed E-state index contributed by atoms with van der Waals surface area (Å²) in [6.45, 7) is 2.13. The zero-order valence-corrected chi connectivity index (χ0v) is 7.58. The quantitative estimate of drug-likeness (QED) is 0.677. The minimum absolute atomic E-state index is 0.545. The third-order valence-electron chi connectivity index (χ3n) is 0.939. The summed E-state index contributed by atoms with van der Waals surface area (Å²) in [5.74, 6) is 0. The molecule has 1 nitrogen and oxygen atoms in total. The van der Waals surface area contributed by atoms with Gasteiger partial charge in [-0.15, -0.1) is 11.3 Å². The maximum Gasteiger partial charge on any atom is 0.0935 e. The Morgan fingerprint density at radius 1 is 1.89 bits per heavy atom. The van der Waals surface area contributed by atoms with Crippen LogP contribution in [0, 0.1) is 0 Å². The van der Waals surface area contributed by atoms with Crippen LogP contribution >= 0.6 is 27.3 Å². The molecule has 1 rings (SSSR count). The summed E-state index contributed by atoms with van der Waals surface area (Å²) in [5.41, 5.74) is 0. The number of hydrogen-bond acceptors (Lipinski definition) is 2. The van der Waals surface area contributed by atoms with Crippen LogP contribution in [0.5, 0.6) is 0 Å². The van der Waals surface area contributed by atoms with Crippen molar-refractivity contribution in [3.8, 4) is 0 Å². The molecule has 9 heavy (non-hydrogen) atoms. The number of nitrogens with zero attached hydrogens (tertiary/aromatic N) is 1. The van der Waals surface area contributed by atoms with Crippen molar-refractivity contribution in [3.05, 3.63) is 16.6 Å². The van der Waals surface area contributed by atoms with Gasteiger partial charge >= 0.3 is 0 Å². The van der Waals surface area contributed by atoms with E-state index in [2.05, 4.69) is 27.8 Å². The molecule has 0 bridgehead atoms. The first kappa shape index (κ1) is 7.22. The summed E-state index contributed by atoms with van der Waals surface area (Å²) in [6, 6.07) is 0. The Morgan fingerprint density at radius 2 is 2.67 bits per heavy atom. The average molecular weight is 206 g/mol. The van der Waals surface area contributed by atoms with Gasteiger partial charge in [-0.25, -0.2) is 4.98 Å². The van der Waals surface area contributed by atoms with Crippen LogP contribution < -0.4 is 0 Å². The van der Waals surface area contributed by atoms with E-state index in [1.807, 2.05) is 11.6 Å². The summed E-state index contributed by atoms with van der Waals surface area (Å²) < 4.78 is 0. The topological polar surface area (TPSA) is 12.9 Å². The van der Waals surface area contributed by atoms with E-state index in [4.69, 9.17) is 0 Å². The maximum atomic E-state index is 4.14.